The number of rotatable bonds is 5. The summed E-state index contributed by atoms with van der Waals surface area (Å²) >= 11 is 5.73. The molecule has 31 heavy (non-hydrogen) atoms. The molecule has 10 heteroatoms. The van der Waals surface area contributed by atoms with Crippen LogP contribution >= 0.6 is 11.6 Å². The first-order valence-corrected chi connectivity index (χ1v) is 11.7. The number of carbonyl (C=O) groups excluding carboxylic acids is 2. The zero-order valence-corrected chi connectivity index (χ0v) is 18.1. The van der Waals surface area contributed by atoms with Crippen LogP contribution in [0, 0.1) is 11.7 Å². The van der Waals surface area contributed by atoms with E-state index in [1.165, 1.54) is 40.7 Å². The first-order chi connectivity index (χ1) is 14.8. The maximum absolute atomic E-state index is 13.3. The highest BCUT2D eigenvalue weighted by Gasteiger charge is 2.36. The van der Waals surface area contributed by atoms with Gasteiger partial charge in [-0.25, -0.2) is 12.8 Å². The highest BCUT2D eigenvalue weighted by Crippen LogP contribution is 2.31. The van der Waals surface area contributed by atoms with Crippen LogP contribution in [0.25, 0.3) is 0 Å². The van der Waals surface area contributed by atoms with Crippen LogP contribution in [-0.4, -0.2) is 55.6 Å². The summed E-state index contributed by atoms with van der Waals surface area (Å²) in [7, 11) is -3.81. The molecule has 1 saturated carbocycles. The van der Waals surface area contributed by atoms with Crippen LogP contribution in [0.1, 0.15) is 23.2 Å². The van der Waals surface area contributed by atoms with Gasteiger partial charge in [-0.05, 0) is 49.2 Å². The standard InChI is InChI=1S/C21H21ClFN3O4S/c22-18-13-16(6-7-19(18)23)24-20(27)15-2-1-3-17(12-15)31(29,30)26-10-8-25(9-11-26)21(28)14-4-5-14/h1-3,6-7,12-14H,4-5,8-11H2,(H,24,27). The third kappa shape index (κ3) is 4.73. The zero-order valence-electron chi connectivity index (χ0n) is 16.6. The summed E-state index contributed by atoms with van der Waals surface area (Å²) in [4.78, 5) is 26.5. The van der Waals surface area contributed by atoms with Gasteiger partial charge in [0.05, 0.1) is 9.92 Å². The Morgan fingerprint density at radius 2 is 1.74 bits per heavy atom. The Hall–Kier alpha value is -2.49. The molecule has 1 aliphatic heterocycles. The van der Waals surface area contributed by atoms with Crippen LogP contribution in [-0.2, 0) is 14.8 Å². The Kier molecular flexibility index (Phi) is 6.00. The number of benzene rings is 2. The number of hydrogen-bond donors (Lipinski definition) is 1. The second-order valence-corrected chi connectivity index (χ2v) is 9.96. The van der Waals surface area contributed by atoms with Gasteiger partial charge in [0, 0.05) is 43.3 Å². The van der Waals surface area contributed by atoms with Crippen molar-refractivity contribution in [3.8, 4) is 0 Å². The van der Waals surface area contributed by atoms with Gasteiger partial charge >= 0.3 is 0 Å². The van der Waals surface area contributed by atoms with Crippen LogP contribution in [0.5, 0.6) is 0 Å². The van der Waals surface area contributed by atoms with Crippen molar-refractivity contribution in [1.29, 1.82) is 0 Å². The fourth-order valence-electron chi connectivity index (χ4n) is 3.46. The van der Waals surface area contributed by atoms with E-state index in [-0.39, 0.29) is 40.4 Å². The van der Waals surface area contributed by atoms with Crippen LogP contribution in [0.2, 0.25) is 5.02 Å². The van der Waals surface area contributed by atoms with Crippen molar-refractivity contribution in [2.24, 2.45) is 5.92 Å². The van der Waals surface area contributed by atoms with E-state index >= 15 is 0 Å². The smallest absolute Gasteiger partial charge is 0.255 e. The highest BCUT2D eigenvalue weighted by atomic mass is 35.5. The van der Waals surface area contributed by atoms with Gasteiger partial charge in [0.2, 0.25) is 15.9 Å². The number of piperazine rings is 1. The molecule has 1 N–H and O–H groups in total. The lowest BCUT2D eigenvalue weighted by Crippen LogP contribution is -2.50. The van der Waals surface area contributed by atoms with E-state index in [0.29, 0.717) is 18.8 Å². The van der Waals surface area contributed by atoms with Gasteiger partial charge in [-0.3, -0.25) is 9.59 Å². The third-order valence-electron chi connectivity index (χ3n) is 5.39. The molecule has 2 aromatic carbocycles. The molecule has 1 saturated heterocycles. The van der Waals surface area contributed by atoms with E-state index in [0.717, 1.165) is 18.9 Å². The molecule has 0 atom stereocenters. The van der Waals surface area contributed by atoms with Gasteiger partial charge in [0.1, 0.15) is 5.82 Å². The monoisotopic (exact) mass is 465 g/mol. The van der Waals surface area contributed by atoms with Crippen LogP contribution in [0.15, 0.2) is 47.4 Å². The number of halogens is 2. The maximum Gasteiger partial charge on any atom is 0.255 e. The minimum Gasteiger partial charge on any atom is -0.340 e. The average molecular weight is 466 g/mol. The van der Waals surface area contributed by atoms with Crippen molar-refractivity contribution in [3.63, 3.8) is 0 Å². The van der Waals surface area contributed by atoms with Crippen LogP contribution < -0.4 is 5.32 Å². The molecule has 2 aromatic rings. The lowest BCUT2D eigenvalue weighted by Gasteiger charge is -2.34. The molecule has 4 rings (SSSR count). The second kappa shape index (κ2) is 8.57. The van der Waals surface area contributed by atoms with Crippen molar-refractivity contribution in [3.05, 3.63) is 58.9 Å². The Morgan fingerprint density at radius 3 is 2.39 bits per heavy atom. The van der Waals surface area contributed by atoms with Gasteiger partial charge < -0.3 is 10.2 Å². The predicted octanol–water partition coefficient (Wildman–Crippen LogP) is 2.97. The number of amides is 2. The van der Waals surface area contributed by atoms with E-state index in [1.807, 2.05) is 0 Å². The number of anilines is 1. The normalized spacial score (nSPS) is 17.4. The van der Waals surface area contributed by atoms with E-state index in [1.54, 1.807) is 4.90 Å². The molecule has 2 fully saturated rings. The van der Waals surface area contributed by atoms with Crippen molar-refractivity contribution in [2.75, 3.05) is 31.5 Å². The Labute approximate surface area is 184 Å². The molecular weight excluding hydrogens is 445 g/mol. The van der Waals surface area contributed by atoms with Crippen molar-refractivity contribution in [1.82, 2.24) is 9.21 Å². The predicted molar refractivity (Wildman–Crippen MR) is 114 cm³/mol. The van der Waals surface area contributed by atoms with E-state index < -0.39 is 21.7 Å². The second-order valence-electron chi connectivity index (χ2n) is 7.61. The Morgan fingerprint density at radius 1 is 1.03 bits per heavy atom. The first-order valence-electron chi connectivity index (χ1n) is 9.91. The number of hydrogen-bond acceptors (Lipinski definition) is 4. The zero-order chi connectivity index (χ0) is 22.2. The number of carbonyl (C=O) groups is 2. The van der Waals surface area contributed by atoms with Crippen LogP contribution in [0.4, 0.5) is 10.1 Å². The van der Waals surface area contributed by atoms with Crippen LogP contribution in [0.3, 0.4) is 0 Å². The largest absolute Gasteiger partial charge is 0.340 e. The summed E-state index contributed by atoms with van der Waals surface area (Å²) in [6.07, 6.45) is 1.83. The van der Waals surface area contributed by atoms with E-state index in [9.17, 15) is 22.4 Å². The Bertz CT molecular complexity index is 1130. The van der Waals surface area contributed by atoms with Gasteiger partial charge in [-0.15, -0.1) is 0 Å². The SMILES string of the molecule is O=C(Nc1ccc(F)c(Cl)c1)c1cccc(S(=O)(=O)N2CCN(C(=O)C3CC3)CC2)c1. The fraction of sp³-hybridized carbons (Fsp3) is 0.333. The molecule has 0 aromatic heterocycles. The fourth-order valence-corrected chi connectivity index (χ4v) is 5.11. The molecule has 0 unspecified atom stereocenters. The van der Waals surface area contributed by atoms with Crippen molar-refractivity contribution < 1.29 is 22.4 Å². The lowest BCUT2D eigenvalue weighted by molar-refractivity contribution is -0.133. The van der Waals surface area contributed by atoms with Crippen molar-refractivity contribution in [2.45, 2.75) is 17.7 Å². The molecular formula is C21H21ClFN3O4S. The van der Waals surface area contributed by atoms with Crippen molar-refractivity contribution >= 4 is 39.1 Å². The van der Waals surface area contributed by atoms with Gasteiger partial charge in [-0.1, -0.05) is 17.7 Å². The molecule has 7 nitrogen and oxygen atoms in total. The number of nitrogens with one attached hydrogen (secondary N) is 1. The van der Waals surface area contributed by atoms with E-state index in [2.05, 4.69) is 5.32 Å². The number of nitrogens with zero attached hydrogens (tertiary/aromatic N) is 2. The summed E-state index contributed by atoms with van der Waals surface area (Å²) in [5.74, 6) is -0.933. The molecule has 2 aliphatic rings. The maximum atomic E-state index is 13.3. The highest BCUT2D eigenvalue weighted by molar-refractivity contribution is 7.89. The molecule has 1 heterocycles. The van der Waals surface area contributed by atoms with Gasteiger partial charge in [0.25, 0.3) is 5.91 Å². The summed E-state index contributed by atoms with van der Waals surface area (Å²) in [5, 5.41) is 2.45. The number of sulfonamides is 1. The first kappa shape index (κ1) is 21.7. The summed E-state index contributed by atoms with van der Waals surface area (Å²) in [5.41, 5.74) is 0.435. The molecule has 0 bridgehead atoms. The molecule has 0 spiro atoms. The minimum absolute atomic E-state index is 0.000687. The molecule has 1 aliphatic carbocycles. The minimum atomic E-state index is -3.81. The molecule has 2 amide bonds. The third-order valence-corrected chi connectivity index (χ3v) is 7.57. The molecule has 164 valence electrons. The Balaban J connectivity index is 1.45. The van der Waals surface area contributed by atoms with Gasteiger partial charge in [-0.2, -0.15) is 4.31 Å². The summed E-state index contributed by atoms with van der Waals surface area (Å²) < 4.78 is 40.7. The summed E-state index contributed by atoms with van der Waals surface area (Å²) in [6.45, 7) is 1.15. The van der Waals surface area contributed by atoms with Gasteiger partial charge in [0.15, 0.2) is 0 Å². The molecule has 0 radical (unpaired) electrons. The summed E-state index contributed by atoms with van der Waals surface area (Å²) in [6, 6.07) is 9.49. The topological polar surface area (TPSA) is 86.8 Å². The van der Waals surface area contributed by atoms with E-state index in [4.69, 9.17) is 11.6 Å². The average Bonchev–Trinajstić information content (AvgIpc) is 3.61. The quantitative estimate of drug-likeness (QED) is 0.735. The lowest BCUT2D eigenvalue weighted by atomic mass is 10.2.